The lowest BCUT2D eigenvalue weighted by Crippen LogP contribution is -2.15. The van der Waals surface area contributed by atoms with Crippen molar-refractivity contribution in [1.82, 2.24) is 3.97 Å². The Morgan fingerprint density at radius 2 is 1.75 bits per heavy atom. The fourth-order valence-electron chi connectivity index (χ4n) is 3.82. The van der Waals surface area contributed by atoms with Gasteiger partial charge < -0.3 is 5.11 Å². The Bertz CT molecular complexity index is 1440. The van der Waals surface area contributed by atoms with Crippen molar-refractivity contribution in [2.75, 3.05) is 0 Å². The number of nitrogens with zero attached hydrogens (tertiary/aromatic N) is 1. The average molecular weight is 488 g/mol. The van der Waals surface area contributed by atoms with Gasteiger partial charge in [0, 0.05) is 33.6 Å². The number of halogens is 2. The van der Waals surface area contributed by atoms with E-state index in [0.717, 1.165) is 5.56 Å². The second-order valence-electron chi connectivity index (χ2n) is 7.43. The van der Waals surface area contributed by atoms with E-state index in [1.165, 1.54) is 10.2 Å². The summed E-state index contributed by atoms with van der Waals surface area (Å²) in [6, 6.07) is 17.5. The SMILES string of the molecule is Cc1c(Cl)ccc(-c2ccccc2)c1S(=O)(=O)n1cc(CCC(=O)O)c2cc(Cl)ccc21. The summed E-state index contributed by atoms with van der Waals surface area (Å²) in [5, 5.41) is 10.5. The molecular formula is C24H19Cl2NO4S. The Morgan fingerprint density at radius 3 is 2.44 bits per heavy atom. The van der Waals surface area contributed by atoms with Gasteiger partial charge in [-0.25, -0.2) is 12.4 Å². The highest BCUT2D eigenvalue weighted by Crippen LogP contribution is 2.37. The third kappa shape index (κ3) is 4.01. The summed E-state index contributed by atoms with van der Waals surface area (Å²) in [6.45, 7) is 1.68. The summed E-state index contributed by atoms with van der Waals surface area (Å²) < 4.78 is 29.2. The van der Waals surface area contributed by atoms with Crippen molar-refractivity contribution in [3.63, 3.8) is 0 Å². The molecule has 0 saturated carbocycles. The topological polar surface area (TPSA) is 76.4 Å². The van der Waals surface area contributed by atoms with Gasteiger partial charge in [-0.1, -0.05) is 59.6 Å². The molecule has 0 radical (unpaired) electrons. The van der Waals surface area contributed by atoms with Crippen LogP contribution in [0.25, 0.3) is 22.0 Å². The van der Waals surface area contributed by atoms with Crippen LogP contribution in [0.3, 0.4) is 0 Å². The highest BCUT2D eigenvalue weighted by Gasteiger charge is 2.28. The molecule has 0 aliphatic heterocycles. The number of hydrogen-bond donors (Lipinski definition) is 1. The van der Waals surface area contributed by atoms with Crippen LogP contribution in [0, 0.1) is 6.92 Å². The van der Waals surface area contributed by atoms with E-state index in [2.05, 4.69) is 0 Å². The molecule has 8 heteroatoms. The molecular weight excluding hydrogens is 469 g/mol. The highest BCUT2D eigenvalue weighted by atomic mass is 35.5. The van der Waals surface area contributed by atoms with Gasteiger partial charge in [0.15, 0.2) is 0 Å². The van der Waals surface area contributed by atoms with E-state index < -0.39 is 16.0 Å². The molecule has 0 atom stereocenters. The predicted octanol–water partition coefficient (Wildman–Crippen LogP) is 6.18. The molecule has 0 saturated heterocycles. The van der Waals surface area contributed by atoms with E-state index in [9.17, 15) is 13.2 Å². The number of fused-ring (bicyclic) bond motifs is 1. The van der Waals surface area contributed by atoms with Crippen LogP contribution in [0.5, 0.6) is 0 Å². The first-order valence-electron chi connectivity index (χ1n) is 9.81. The van der Waals surface area contributed by atoms with Crippen LogP contribution in [0.2, 0.25) is 10.0 Å². The molecule has 0 aliphatic carbocycles. The molecule has 0 aliphatic rings. The Balaban J connectivity index is 2.00. The molecule has 32 heavy (non-hydrogen) atoms. The number of carbonyl (C=O) groups is 1. The summed E-state index contributed by atoms with van der Waals surface area (Å²) in [7, 11) is -4.09. The molecule has 4 aromatic rings. The van der Waals surface area contributed by atoms with E-state index in [-0.39, 0.29) is 17.7 Å². The molecule has 3 aromatic carbocycles. The van der Waals surface area contributed by atoms with E-state index in [1.54, 1.807) is 37.3 Å². The number of aliphatic carboxylic acids is 1. The molecule has 0 amide bonds. The molecule has 5 nitrogen and oxygen atoms in total. The van der Waals surface area contributed by atoms with Crippen molar-refractivity contribution in [2.24, 2.45) is 0 Å². The standard InChI is InChI=1S/C24H19Cl2NO4S/c1-15-21(26)10-9-19(16-5-3-2-4-6-16)24(15)32(30,31)27-14-17(7-12-23(28)29)20-13-18(25)8-11-22(20)27/h2-6,8-11,13-14H,7,12H2,1H3,(H,28,29). The van der Waals surface area contributed by atoms with E-state index in [4.69, 9.17) is 28.3 Å². The molecule has 0 unspecified atom stereocenters. The minimum Gasteiger partial charge on any atom is -0.481 e. The number of hydrogen-bond acceptors (Lipinski definition) is 3. The predicted molar refractivity (Wildman–Crippen MR) is 127 cm³/mol. The fraction of sp³-hybridized carbons (Fsp3) is 0.125. The Kier molecular flexibility index (Phi) is 6.03. The third-order valence-corrected chi connectivity index (χ3v) is 7.87. The van der Waals surface area contributed by atoms with Gasteiger partial charge in [0.2, 0.25) is 0 Å². The molecule has 0 bridgehead atoms. The van der Waals surface area contributed by atoms with Crippen LogP contribution in [-0.2, 0) is 21.2 Å². The molecule has 1 N–H and O–H groups in total. The first kappa shape index (κ1) is 22.4. The lowest BCUT2D eigenvalue weighted by Gasteiger charge is -2.16. The zero-order valence-corrected chi connectivity index (χ0v) is 19.4. The Labute approximate surface area is 195 Å². The molecule has 164 valence electrons. The maximum Gasteiger partial charge on any atom is 0.303 e. The van der Waals surface area contributed by atoms with Crippen LogP contribution in [0.15, 0.2) is 71.8 Å². The van der Waals surface area contributed by atoms with Crippen LogP contribution in [0.1, 0.15) is 17.5 Å². The number of carboxylic acids is 1. The fourth-order valence-corrected chi connectivity index (χ4v) is 6.05. The summed E-state index contributed by atoms with van der Waals surface area (Å²) >= 11 is 12.5. The van der Waals surface area contributed by atoms with Gasteiger partial charge >= 0.3 is 5.97 Å². The van der Waals surface area contributed by atoms with Crippen molar-refractivity contribution in [3.05, 3.63) is 88.0 Å². The van der Waals surface area contributed by atoms with Gasteiger partial charge in [0.1, 0.15) is 4.90 Å². The largest absolute Gasteiger partial charge is 0.481 e. The Hall–Kier alpha value is -2.80. The van der Waals surface area contributed by atoms with Crippen molar-refractivity contribution >= 4 is 50.1 Å². The van der Waals surface area contributed by atoms with E-state index >= 15 is 0 Å². The van der Waals surface area contributed by atoms with Gasteiger partial charge in [-0.05, 0) is 54.3 Å². The van der Waals surface area contributed by atoms with Crippen molar-refractivity contribution in [1.29, 1.82) is 0 Å². The minimum atomic E-state index is -4.09. The number of rotatable bonds is 6. The summed E-state index contributed by atoms with van der Waals surface area (Å²) in [5.74, 6) is -0.965. The average Bonchev–Trinajstić information content (AvgIpc) is 3.13. The molecule has 4 rings (SSSR count). The molecule has 0 fully saturated rings. The van der Waals surface area contributed by atoms with Crippen molar-refractivity contribution < 1.29 is 18.3 Å². The second-order valence-corrected chi connectivity index (χ2v) is 10.0. The van der Waals surface area contributed by atoms with Crippen LogP contribution >= 0.6 is 23.2 Å². The smallest absolute Gasteiger partial charge is 0.303 e. The quantitative estimate of drug-likeness (QED) is 0.352. The van der Waals surface area contributed by atoms with Gasteiger partial charge in [-0.3, -0.25) is 4.79 Å². The van der Waals surface area contributed by atoms with Crippen LogP contribution in [0.4, 0.5) is 0 Å². The maximum absolute atomic E-state index is 14.0. The lowest BCUT2D eigenvalue weighted by atomic mass is 10.0. The van der Waals surface area contributed by atoms with Crippen molar-refractivity contribution in [3.8, 4) is 11.1 Å². The normalized spacial score (nSPS) is 11.7. The van der Waals surface area contributed by atoms with Gasteiger partial charge in [-0.2, -0.15) is 0 Å². The second kappa shape index (κ2) is 8.62. The maximum atomic E-state index is 14.0. The van der Waals surface area contributed by atoms with Gasteiger partial charge in [0.25, 0.3) is 10.0 Å². The number of aromatic nitrogens is 1. The first-order valence-corrected chi connectivity index (χ1v) is 12.0. The van der Waals surface area contributed by atoms with Crippen molar-refractivity contribution in [2.45, 2.75) is 24.7 Å². The third-order valence-electron chi connectivity index (χ3n) is 5.36. The molecule has 1 heterocycles. The summed E-state index contributed by atoms with van der Waals surface area (Å²) in [5.41, 5.74) is 2.74. The zero-order valence-electron chi connectivity index (χ0n) is 17.0. The first-order chi connectivity index (χ1) is 15.2. The molecule has 0 spiro atoms. The highest BCUT2D eigenvalue weighted by molar-refractivity contribution is 7.90. The number of carboxylic acid groups (broad SMARTS) is 1. The van der Waals surface area contributed by atoms with E-state index in [1.807, 2.05) is 30.3 Å². The van der Waals surface area contributed by atoms with Crippen LogP contribution in [-0.4, -0.2) is 23.5 Å². The van der Waals surface area contributed by atoms with Gasteiger partial charge in [0.05, 0.1) is 5.52 Å². The minimum absolute atomic E-state index is 0.104. The van der Waals surface area contributed by atoms with Gasteiger partial charge in [-0.15, -0.1) is 0 Å². The lowest BCUT2D eigenvalue weighted by molar-refractivity contribution is -0.136. The summed E-state index contributed by atoms with van der Waals surface area (Å²) in [6.07, 6.45) is 1.53. The zero-order chi connectivity index (χ0) is 23.0. The monoisotopic (exact) mass is 487 g/mol. The Morgan fingerprint density at radius 1 is 1.03 bits per heavy atom. The number of benzene rings is 3. The van der Waals surface area contributed by atoms with E-state index in [0.29, 0.717) is 37.6 Å². The molecule has 1 aromatic heterocycles. The summed E-state index contributed by atoms with van der Waals surface area (Å²) in [4.78, 5) is 11.2. The van der Waals surface area contributed by atoms with Crippen LogP contribution < -0.4 is 0 Å². The number of aryl methyl sites for hydroxylation is 1.